The highest BCUT2D eigenvalue weighted by atomic mass is 31.2. The number of phosphoric ester groups is 1. The Morgan fingerprint density at radius 3 is 2.41 bits per heavy atom. The zero-order chi connectivity index (χ0) is 20.6. The van der Waals surface area contributed by atoms with E-state index in [9.17, 15) is 19.1 Å². The molecule has 2 N–H and O–H groups in total. The fourth-order valence-electron chi connectivity index (χ4n) is 2.39. The van der Waals surface area contributed by atoms with E-state index in [1.807, 2.05) is 0 Å². The molecule has 27 heavy (non-hydrogen) atoms. The van der Waals surface area contributed by atoms with Crippen molar-refractivity contribution in [1.29, 1.82) is 0 Å². The lowest BCUT2D eigenvalue weighted by Crippen LogP contribution is -2.13. The molecule has 0 aliphatic carbocycles. The SMILES string of the molecule is COc1ccc2c(C(=O)C(C)C)nn(/C=C(/OP(=O)(O)O)C(C)(C)C)c2c1. The smallest absolute Gasteiger partial charge is 0.497 e. The second-order valence-corrected chi connectivity index (χ2v) is 8.68. The Morgan fingerprint density at radius 2 is 1.93 bits per heavy atom. The highest BCUT2D eigenvalue weighted by molar-refractivity contribution is 7.46. The zero-order valence-electron chi connectivity index (χ0n) is 16.3. The van der Waals surface area contributed by atoms with Crippen LogP contribution in [0.15, 0.2) is 24.0 Å². The molecular formula is C18H25N2O6P. The molecule has 9 heteroatoms. The maximum atomic E-state index is 12.6. The molecule has 0 fully saturated rings. The summed E-state index contributed by atoms with van der Waals surface area (Å²) in [6.07, 6.45) is 1.39. The summed E-state index contributed by atoms with van der Waals surface area (Å²) in [6.45, 7) is 8.82. The predicted molar refractivity (Wildman–Crippen MR) is 102 cm³/mol. The molecule has 0 bridgehead atoms. The van der Waals surface area contributed by atoms with Gasteiger partial charge in [0.2, 0.25) is 0 Å². The van der Waals surface area contributed by atoms with Crippen LogP contribution in [0.5, 0.6) is 5.75 Å². The fraction of sp³-hybridized carbons (Fsp3) is 0.444. The van der Waals surface area contributed by atoms with Crippen molar-refractivity contribution in [2.75, 3.05) is 7.11 Å². The van der Waals surface area contributed by atoms with Crippen LogP contribution >= 0.6 is 7.82 Å². The van der Waals surface area contributed by atoms with Crippen LogP contribution in [-0.4, -0.2) is 32.5 Å². The fourth-order valence-corrected chi connectivity index (χ4v) is 2.97. The third-order valence-electron chi connectivity index (χ3n) is 3.87. The molecule has 0 amide bonds. The second-order valence-electron chi connectivity index (χ2n) is 7.52. The maximum Gasteiger partial charge on any atom is 0.524 e. The van der Waals surface area contributed by atoms with E-state index < -0.39 is 13.2 Å². The summed E-state index contributed by atoms with van der Waals surface area (Å²) < 4.78 is 22.9. The van der Waals surface area contributed by atoms with E-state index in [0.29, 0.717) is 16.7 Å². The van der Waals surface area contributed by atoms with Crippen LogP contribution < -0.4 is 4.74 Å². The third kappa shape index (κ3) is 4.97. The number of hydrogen-bond donors (Lipinski definition) is 2. The van der Waals surface area contributed by atoms with Crippen LogP contribution in [-0.2, 0) is 9.09 Å². The first-order chi connectivity index (χ1) is 12.3. The molecule has 2 rings (SSSR count). The molecule has 148 valence electrons. The largest absolute Gasteiger partial charge is 0.524 e. The normalized spacial score (nSPS) is 13.3. The molecule has 0 aliphatic heterocycles. The van der Waals surface area contributed by atoms with Gasteiger partial charge in [-0.15, -0.1) is 0 Å². The van der Waals surface area contributed by atoms with E-state index in [4.69, 9.17) is 9.26 Å². The van der Waals surface area contributed by atoms with E-state index in [-0.39, 0.29) is 23.2 Å². The van der Waals surface area contributed by atoms with Crippen molar-refractivity contribution in [2.24, 2.45) is 11.3 Å². The number of ether oxygens (including phenoxy) is 1. The Kier molecular flexibility index (Phi) is 5.85. The molecule has 2 aromatic rings. The number of Topliss-reactive ketones (excluding diaryl/α,β-unsaturated/α-hetero) is 1. The van der Waals surface area contributed by atoms with E-state index in [2.05, 4.69) is 5.10 Å². The lowest BCUT2D eigenvalue weighted by Gasteiger charge is -2.23. The monoisotopic (exact) mass is 396 g/mol. The number of aromatic nitrogens is 2. The quantitative estimate of drug-likeness (QED) is 0.433. The number of rotatable bonds is 6. The van der Waals surface area contributed by atoms with Crippen LogP contribution in [0.1, 0.15) is 45.1 Å². The summed E-state index contributed by atoms with van der Waals surface area (Å²) >= 11 is 0. The topological polar surface area (TPSA) is 111 Å². The summed E-state index contributed by atoms with van der Waals surface area (Å²) in [5.41, 5.74) is 0.137. The van der Waals surface area contributed by atoms with Crippen LogP contribution in [0.2, 0.25) is 0 Å². The molecule has 0 saturated carbocycles. The number of benzene rings is 1. The lowest BCUT2D eigenvalue weighted by atomic mass is 9.94. The van der Waals surface area contributed by atoms with Crippen molar-refractivity contribution in [1.82, 2.24) is 9.78 Å². The number of carbonyl (C=O) groups excluding carboxylic acids is 1. The molecular weight excluding hydrogens is 371 g/mol. The van der Waals surface area contributed by atoms with Gasteiger partial charge in [-0.25, -0.2) is 9.25 Å². The van der Waals surface area contributed by atoms with Gasteiger partial charge in [0, 0.05) is 22.8 Å². The van der Waals surface area contributed by atoms with Gasteiger partial charge in [0.1, 0.15) is 17.2 Å². The van der Waals surface area contributed by atoms with Gasteiger partial charge in [0.25, 0.3) is 0 Å². The van der Waals surface area contributed by atoms with Gasteiger partial charge in [-0.05, 0) is 12.1 Å². The summed E-state index contributed by atoms with van der Waals surface area (Å²) in [5, 5.41) is 4.99. The highest BCUT2D eigenvalue weighted by Gasteiger charge is 2.28. The van der Waals surface area contributed by atoms with Crippen LogP contribution in [0.3, 0.4) is 0 Å². The number of hydrogen-bond acceptors (Lipinski definition) is 5. The van der Waals surface area contributed by atoms with E-state index in [1.165, 1.54) is 18.0 Å². The van der Waals surface area contributed by atoms with Gasteiger partial charge in [0.15, 0.2) is 5.78 Å². The Labute approximate surface area is 158 Å². The number of methoxy groups -OCH3 is 1. The molecule has 1 heterocycles. The average molecular weight is 396 g/mol. The molecule has 8 nitrogen and oxygen atoms in total. The van der Waals surface area contributed by atoms with Gasteiger partial charge in [0.05, 0.1) is 18.8 Å². The average Bonchev–Trinajstić information content (AvgIpc) is 2.89. The first kappa shape index (κ1) is 21.2. The highest BCUT2D eigenvalue weighted by Crippen LogP contribution is 2.44. The minimum Gasteiger partial charge on any atom is -0.497 e. The maximum absolute atomic E-state index is 12.6. The number of ketones is 1. The van der Waals surface area contributed by atoms with Gasteiger partial charge in [-0.3, -0.25) is 14.6 Å². The third-order valence-corrected chi connectivity index (χ3v) is 4.30. The first-order valence-electron chi connectivity index (χ1n) is 8.41. The van der Waals surface area contributed by atoms with E-state index >= 15 is 0 Å². The number of fused-ring (bicyclic) bond motifs is 1. The molecule has 0 atom stereocenters. The number of carbonyl (C=O) groups is 1. The van der Waals surface area contributed by atoms with Crippen LogP contribution in [0.25, 0.3) is 17.1 Å². The van der Waals surface area contributed by atoms with Crippen molar-refractivity contribution < 1.29 is 28.4 Å². The molecule has 0 spiro atoms. The van der Waals surface area contributed by atoms with Crippen molar-refractivity contribution in [2.45, 2.75) is 34.6 Å². The van der Waals surface area contributed by atoms with Gasteiger partial charge < -0.3 is 9.26 Å². The Morgan fingerprint density at radius 1 is 1.30 bits per heavy atom. The van der Waals surface area contributed by atoms with Crippen molar-refractivity contribution in [3.05, 3.63) is 29.7 Å². The summed E-state index contributed by atoms with van der Waals surface area (Å²) in [6, 6.07) is 5.17. The molecule has 0 aliphatic rings. The van der Waals surface area contributed by atoms with Gasteiger partial charge in [-0.2, -0.15) is 5.10 Å². The first-order valence-corrected chi connectivity index (χ1v) is 9.94. The summed E-state index contributed by atoms with van der Waals surface area (Å²) in [4.78, 5) is 31.0. The molecule has 0 saturated heterocycles. The number of phosphoric acid groups is 1. The summed E-state index contributed by atoms with van der Waals surface area (Å²) in [7, 11) is -3.24. The summed E-state index contributed by atoms with van der Waals surface area (Å²) in [5.74, 6) is 0.210. The molecule has 1 aromatic carbocycles. The second kappa shape index (κ2) is 7.46. The minimum atomic E-state index is -4.76. The van der Waals surface area contributed by atoms with Crippen molar-refractivity contribution >= 4 is 30.7 Å². The number of nitrogens with zero attached hydrogens (tertiary/aromatic N) is 2. The Hall–Kier alpha value is -2.15. The van der Waals surface area contributed by atoms with E-state index in [0.717, 1.165) is 0 Å². The minimum absolute atomic E-state index is 0.0339. The van der Waals surface area contributed by atoms with Crippen molar-refractivity contribution in [3.63, 3.8) is 0 Å². The molecule has 0 unspecified atom stereocenters. The predicted octanol–water partition coefficient (Wildman–Crippen LogP) is 3.84. The molecule has 1 aromatic heterocycles. The van der Waals surface area contributed by atoms with Crippen LogP contribution in [0, 0.1) is 11.3 Å². The Bertz CT molecular complexity index is 933. The van der Waals surface area contributed by atoms with Crippen LogP contribution in [0.4, 0.5) is 0 Å². The Balaban J connectivity index is 2.75. The molecule has 0 radical (unpaired) electrons. The van der Waals surface area contributed by atoms with E-state index in [1.54, 1.807) is 52.8 Å². The zero-order valence-corrected chi connectivity index (χ0v) is 17.2. The van der Waals surface area contributed by atoms with Gasteiger partial charge >= 0.3 is 7.82 Å². The lowest BCUT2D eigenvalue weighted by molar-refractivity contribution is 0.0935. The van der Waals surface area contributed by atoms with Gasteiger partial charge in [-0.1, -0.05) is 34.6 Å². The number of allylic oxidation sites excluding steroid dienone is 1. The van der Waals surface area contributed by atoms with Crippen molar-refractivity contribution in [3.8, 4) is 5.75 Å². The standard InChI is InChI=1S/C18H25N2O6P/c1-11(2)17(21)16-13-8-7-12(25-6)9-14(13)20(19-16)10-15(18(3,4)5)26-27(22,23)24/h7-11H,1-6H3,(H2,22,23,24)/b15-10+.